The van der Waals surface area contributed by atoms with E-state index < -0.39 is 10.8 Å². The van der Waals surface area contributed by atoms with Gasteiger partial charge >= 0.3 is 0 Å². The molecule has 2 amide bonds. The predicted octanol–water partition coefficient (Wildman–Crippen LogP) is 2.37. The third-order valence-electron chi connectivity index (χ3n) is 2.95. The third kappa shape index (κ3) is 2.65. The first-order valence-corrected chi connectivity index (χ1v) is 6.48. The second-order valence-corrected chi connectivity index (χ2v) is 5.39. The number of carbonyl (C=O) groups is 2. The van der Waals surface area contributed by atoms with Crippen molar-refractivity contribution in [3.63, 3.8) is 0 Å². The zero-order valence-electron chi connectivity index (χ0n) is 10.1. The van der Waals surface area contributed by atoms with Gasteiger partial charge in [0.1, 0.15) is 0 Å². The van der Waals surface area contributed by atoms with E-state index in [0.717, 1.165) is 4.90 Å². The predicted molar refractivity (Wildman–Crippen MR) is 70.6 cm³/mol. The van der Waals surface area contributed by atoms with E-state index in [1.165, 1.54) is 18.2 Å². The van der Waals surface area contributed by atoms with Gasteiger partial charge in [-0.1, -0.05) is 6.92 Å². The zero-order chi connectivity index (χ0) is 14.2. The van der Waals surface area contributed by atoms with E-state index >= 15 is 0 Å². The number of carbonyl (C=O) groups excluding carboxylic acids is 2. The summed E-state index contributed by atoms with van der Waals surface area (Å²) in [6.07, 6.45) is 0.332. The molecule has 0 aromatic heterocycles. The molecule has 19 heavy (non-hydrogen) atoms. The smallest absolute Gasteiger partial charge is 0.270 e. The fourth-order valence-electron chi connectivity index (χ4n) is 2.02. The van der Waals surface area contributed by atoms with Crippen molar-refractivity contribution in [3.05, 3.63) is 38.3 Å². The lowest BCUT2D eigenvalue weighted by atomic mass is 10.1. The van der Waals surface area contributed by atoms with Crippen LogP contribution in [0, 0.1) is 16.0 Å². The Labute approximate surface area is 117 Å². The lowest BCUT2D eigenvalue weighted by molar-refractivity contribution is -0.384. The number of hydrogen-bond acceptors (Lipinski definition) is 4. The molecule has 0 saturated carbocycles. The third-order valence-corrected chi connectivity index (χ3v) is 3.65. The second kappa shape index (κ2) is 5.08. The molecule has 1 saturated heterocycles. The summed E-state index contributed by atoms with van der Waals surface area (Å²) in [7, 11) is 0. The van der Waals surface area contributed by atoms with Gasteiger partial charge in [-0.05, 0) is 27.9 Å². The minimum Gasteiger partial charge on any atom is -0.278 e. The summed E-state index contributed by atoms with van der Waals surface area (Å²) in [5.41, 5.74) is -0.0390. The molecule has 0 N–H and O–H groups in total. The Balaban J connectivity index is 2.36. The summed E-state index contributed by atoms with van der Waals surface area (Å²) >= 11 is 3.18. The molecule has 0 bridgehead atoms. The maximum Gasteiger partial charge on any atom is 0.270 e. The first-order chi connectivity index (χ1) is 8.90. The minimum atomic E-state index is -0.572. The zero-order valence-corrected chi connectivity index (χ0v) is 11.7. The molecule has 1 aliphatic rings. The highest BCUT2D eigenvalue weighted by atomic mass is 79.9. The first-order valence-electron chi connectivity index (χ1n) is 5.68. The SMILES string of the molecule is CC1CC(=O)N(C(=O)c2cc([N+](=O)[O-])ccc2Br)C1. The van der Waals surface area contributed by atoms with Gasteiger partial charge in [-0.25, -0.2) is 0 Å². The Morgan fingerprint density at radius 1 is 1.53 bits per heavy atom. The van der Waals surface area contributed by atoms with Crippen LogP contribution in [-0.2, 0) is 4.79 Å². The van der Waals surface area contributed by atoms with Crippen molar-refractivity contribution in [1.29, 1.82) is 0 Å². The normalized spacial score (nSPS) is 18.7. The van der Waals surface area contributed by atoms with Crippen molar-refractivity contribution in [2.45, 2.75) is 13.3 Å². The molecule has 1 fully saturated rings. The topological polar surface area (TPSA) is 80.5 Å². The fourth-order valence-corrected chi connectivity index (χ4v) is 2.43. The molecule has 7 heteroatoms. The number of hydrogen-bond donors (Lipinski definition) is 0. The maximum atomic E-state index is 12.3. The molecule has 100 valence electrons. The molecule has 1 unspecified atom stereocenters. The minimum absolute atomic E-state index is 0.119. The Bertz CT molecular complexity index is 573. The van der Waals surface area contributed by atoms with Crippen molar-refractivity contribution in [2.24, 2.45) is 5.92 Å². The van der Waals surface area contributed by atoms with Crippen LogP contribution in [0.25, 0.3) is 0 Å². The molecule has 1 heterocycles. The summed E-state index contributed by atoms with van der Waals surface area (Å²) in [4.78, 5) is 35.2. The number of nitro benzene ring substituents is 1. The van der Waals surface area contributed by atoms with Gasteiger partial charge in [-0.2, -0.15) is 0 Å². The molecule has 1 aliphatic heterocycles. The van der Waals surface area contributed by atoms with Gasteiger partial charge in [-0.3, -0.25) is 24.6 Å². The molecular formula is C12H11BrN2O4. The van der Waals surface area contributed by atoms with Crippen LogP contribution in [0.5, 0.6) is 0 Å². The van der Waals surface area contributed by atoms with Crippen molar-refractivity contribution < 1.29 is 14.5 Å². The van der Waals surface area contributed by atoms with Crippen molar-refractivity contribution >= 4 is 33.4 Å². The number of nitro groups is 1. The molecule has 0 radical (unpaired) electrons. The van der Waals surface area contributed by atoms with Crippen molar-refractivity contribution in [1.82, 2.24) is 4.90 Å². The highest BCUT2D eigenvalue weighted by molar-refractivity contribution is 9.10. The van der Waals surface area contributed by atoms with Gasteiger partial charge in [-0.15, -0.1) is 0 Å². The van der Waals surface area contributed by atoms with Crippen LogP contribution in [0.15, 0.2) is 22.7 Å². The van der Waals surface area contributed by atoms with E-state index in [4.69, 9.17) is 0 Å². The number of nitrogens with zero attached hydrogens (tertiary/aromatic N) is 2. The maximum absolute atomic E-state index is 12.3. The van der Waals surface area contributed by atoms with E-state index in [1.54, 1.807) is 0 Å². The van der Waals surface area contributed by atoms with Crippen LogP contribution < -0.4 is 0 Å². The highest BCUT2D eigenvalue weighted by Crippen LogP contribution is 2.26. The summed E-state index contributed by atoms with van der Waals surface area (Å²) in [5.74, 6) is -0.616. The monoisotopic (exact) mass is 326 g/mol. The molecule has 1 aromatic rings. The van der Waals surface area contributed by atoms with Crippen LogP contribution in [0.3, 0.4) is 0 Å². The van der Waals surface area contributed by atoms with Crippen LogP contribution >= 0.6 is 15.9 Å². The number of halogens is 1. The molecule has 6 nitrogen and oxygen atoms in total. The van der Waals surface area contributed by atoms with Gasteiger partial charge in [0.15, 0.2) is 0 Å². The average molecular weight is 327 g/mol. The molecule has 1 atom stereocenters. The standard InChI is InChI=1S/C12H11BrN2O4/c1-7-4-11(16)14(6-7)12(17)9-5-8(15(18)19)2-3-10(9)13/h2-3,5,7H,4,6H2,1H3. The number of amides is 2. The molecule has 0 spiro atoms. The van der Waals surface area contributed by atoms with Crippen LogP contribution in [0.4, 0.5) is 5.69 Å². The van der Waals surface area contributed by atoms with E-state index in [9.17, 15) is 19.7 Å². The van der Waals surface area contributed by atoms with Gasteiger partial charge in [0.25, 0.3) is 11.6 Å². The van der Waals surface area contributed by atoms with Crippen molar-refractivity contribution in [3.8, 4) is 0 Å². The summed E-state index contributed by atoms with van der Waals surface area (Å²) < 4.78 is 0.440. The van der Waals surface area contributed by atoms with Crippen LogP contribution in [-0.4, -0.2) is 28.2 Å². The van der Waals surface area contributed by atoms with Crippen molar-refractivity contribution in [2.75, 3.05) is 6.54 Å². The second-order valence-electron chi connectivity index (χ2n) is 4.54. The van der Waals surface area contributed by atoms with Crippen LogP contribution in [0.1, 0.15) is 23.7 Å². The largest absolute Gasteiger partial charge is 0.278 e. The fraction of sp³-hybridized carbons (Fsp3) is 0.333. The van der Waals surface area contributed by atoms with E-state index in [0.29, 0.717) is 17.4 Å². The number of likely N-dealkylation sites (tertiary alicyclic amines) is 1. The number of benzene rings is 1. The van der Waals surface area contributed by atoms with Crippen LogP contribution in [0.2, 0.25) is 0 Å². The average Bonchev–Trinajstić information content (AvgIpc) is 2.68. The summed E-state index contributed by atoms with van der Waals surface area (Å²) in [6.45, 7) is 2.24. The number of non-ortho nitro benzene ring substituents is 1. The van der Waals surface area contributed by atoms with Gasteiger partial charge in [0.2, 0.25) is 5.91 Å². The summed E-state index contributed by atoms with van der Waals surface area (Å²) in [6, 6.07) is 3.92. The number of rotatable bonds is 2. The molecular weight excluding hydrogens is 316 g/mol. The van der Waals surface area contributed by atoms with E-state index in [-0.39, 0.29) is 23.1 Å². The highest BCUT2D eigenvalue weighted by Gasteiger charge is 2.33. The Morgan fingerprint density at radius 3 is 2.74 bits per heavy atom. The first kappa shape index (κ1) is 13.7. The molecule has 0 aliphatic carbocycles. The van der Waals surface area contributed by atoms with Gasteiger partial charge < -0.3 is 0 Å². The lowest BCUT2D eigenvalue weighted by Crippen LogP contribution is -2.32. The Morgan fingerprint density at radius 2 is 2.21 bits per heavy atom. The molecule has 2 rings (SSSR count). The Kier molecular flexibility index (Phi) is 3.66. The van der Waals surface area contributed by atoms with Gasteiger partial charge in [0, 0.05) is 29.6 Å². The van der Waals surface area contributed by atoms with E-state index in [2.05, 4.69) is 15.9 Å². The summed E-state index contributed by atoms with van der Waals surface area (Å²) in [5, 5.41) is 10.7. The Hall–Kier alpha value is -1.76. The van der Waals surface area contributed by atoms with Gasteiger partial charge in [0.05, 0.1) is 10.5 Å². The molecule has 1 aromatic carbocycles. The quantitative estimate of drug-likeness (QED) is 0.474. The number of imide groups is 1. The van der Waals surface area contributed by atoms with E-state index in [1.807, 2.05) is 6.92 Å². The lowest BCUT2D eigenvalue weighted by Gasteiger charge is -2.14.